The van der Waals surface area contributed by atoms with Crippen LogP contribution in [0.3, 0.4) is 0 Å². The molecular weight excluding hydrogens is 238 g/mol. The van der Waals surface area contributed by atoms with Crippen molar-refractivity contribution in [2.24, 2.45) is 0 Å². The first-order valence-corrected chi connectivity index (χ1v) is 5.97. The van der Waals surface area contributed by atoms with Crippen LogP contribution in [0.5, 0.6) is 5.75 Å². The largest absolute Gasteiger partial charge is 0.497 e. The molecule has 0 unspecified atom stereocenters. The highest BCUT2D eigenvalue weighted by Crippen LogP contribution is 2.22. The molecule has 1 N–H and O–H groups in total. The van der Waals surface area contributed by atoms with Crippen molar-refractivity contribution in [3.05, 3.63) is 54.9 Å². The molecule has 94 valence electrons. The lowest BCUT2D eigenvalue weighted by Gasteiger charge is -2.01. The molecule has 0 saturated carbocycles. The Bertz CT molecular complexity index is 659. The summed E-state index contributed by atoms with van der Waals surface area (Å²) in [6, 6.07) is 13.6. The number of H-pyrrole nitrogens is 1. The van der Waals surface area contributed by atoms with E-state index in [0.717, 1.165) is 28.5 Å². The number of rotatable bonds is 3. The summed E-state index contributed by atoms with van der Waals surface area (Å²) in [5, 5.41) is 0. The number of methoxy groups -OCH3 is 1. The van der Waals surface area contributed by atoms with Gasteiger partial charge in [0.1, 0.15) is 11.4 Å². The molecule has 0 radical (unpaired) electrons. The predicted molar refractivity (Wildman–Crippen MR) is 73.8 cm³/mol. The predicted octanol–water partition coefficient (Wildman–Crippen LogP) is 3.15. The average Bonchev–Trinajstić information content (AvgIpc) is 2.98. The van der Waals surface area contributed by atoms with Gasteiger partial charge in [-0.15, -0.1) is 0 Å². The van der Waals surface area contributed by atoms with E-state index in [0.29, 0.717) is 0 Å². The molecule has 0 aliphatic rings. The Labute approximate surface area is 111 Å². The van der Waals surface area contributed by atoms with Gasteiger partial charge in [0.15, 0.2) is 5.82 Å². The van der Waals surface area contributed by atoms with Gasteiger partial charge in [0.2, 0.25) is 0 Å². The highest BCUT2D eigenvalue weighted by molar-refractivity contribution is 5.63. The normalized spacial score (nSPS) is 10.4. The minimum absolute atomic E-state index is 0.770. The number of aromatic nitrogens is 3. The maximum absolute atomic E-state index is 5.14. The van der Waals surface area contributed by atoms with Crippen LogP contribution in [-0.4, -0.2) is 22.1 Å². The van der Waals surface area contributed by atoms with E-state index >= 15 is 0 Å². The standard InChI is InChI=1S/C15H13N3O/c1-19-12-7-5-11(6-8-12)14-10-17-15(18-14)13-4-2-3-9-16-13/h2-10H,1H3,(H,17,18). The molecule has 19 heavy (non-hydrogen) atoms. The SMILES string of the molecule is COc1ccc(-c2cnc(-c3ccccn3)[nH]2)cc1. The molecule has 0 spiro atoms. The average molecular weight is 251 g/mol. The van der Waals surface area contributed by atoms with Gasteiger partial charge in [-0.2, -0.15) is 0 Å². The Morgan fingerprint density at radius 1 is 1.00 bits per heavy atom. The minimum atomic E-state index is 0.770. The summed E-state index contributed by atoms with van der Waals surface area (Å²) in [7, 11) is 1.66. The van der Waals surface area contributed by atoms with Crippen LogP contribution in [0.25, 0.3) is 22.8 Å². The lowest BCUT2D eigenvalue weighted by molar-refractivity contribution is 0.415. The van der Waals surface area contributed by atoms with Crippen LogP contribution >= 0.6 is 0 Å². The van der Waals surface area contributed by atoms with E-state index in [1.54, 1.807) is 13.3 Å². The van der Waals surface area contributed by atoms with E-state index in [-0.39, 0.29) is 0 Å². The first-order chi connectivity index (χ1) is 9.36. The molecule has 1 aromatic carbocycles. The van der Waals surface area contributed by atoms with Crippen molar-refractivity contribution < 1.29 is 4.74 Å². The van der Waals surface area contributed by atoms with Gasteiger partial charge in [-0.1, -0.05) is 6.07 Å². The number of aromatic amines is 1. The molecule has 0 atom stereocenters. The highest BCUT2D eigenvalue weighted by Gasteiger charge is 2.05. The van der Waals surface area contributed by atoms with Gasteiger partial charge in [-0.3, -0.25) is 4.98 Å². The molecule has 3 rings (SSSR count). The molecule has 3 aromatic rings. The van der Waals surface area contributed by atoms with Crippen molar-refractivity contribution in [3.63, 3.8) is 0 Å². The topological polar surface area (TPSA) is 50.8 Å². The summed E-state index contributed by atoms with van der Waals surface area (Å²) in [4.78, 5) is 11.9. The summed E-state index contributed by atoms with van der Waals surface area (Å²) in [5.41, 5.74) is 2.86. The van der Waals surface area contributed by atoms with Gasteiger partial charge >= 0.3 is 0 Å². The van der Waals surface area contributed by atoms with Crippen molar-refractivity contribution in [2.45, 2.75) is 0 Å². The zero-order valence-electron chi connectivity index (χ0n) is 10.5. The molecule has 2 heterocycles. The van der Waals surface area contributed by atoms with Crippen LogP contribution in [0.1, 0.15) is 0 Å². The van der Waals surface area contributed by atoms with Gasteiger partial charge in [0.25, 0.3) is 0 Å². The third-order valence-electron chi connectivity index (χ3n) is 2.88. The summed E-state index contributed by atoms with van der Waals surface area (Å²) in [6.07, 6.45) is 3.57. The smallest absolute Gasteiger partial charge is 0.156 e. The summed E-state index contributed by atoms with van der Waals surface area (Å²) in [6.45, 7) is 0. The number of imidazole rings is 1. The lowest BCUT2D eigenvalue weighted by atomic mass is 10.2. The van der Waals surface area contributed by atoms with Crippen LogP contribution < -0.4 is 4.74 Å². The van der Waals surface area contributed by atoms with Crippen molar-refractivity contribution in [1.82, 2.24) is 15.0 Å². The first-order valence-electron chi connectivity index (χ1n) is 5.97. The number of benzene rings is 1. The van der Waals surface area contributed by atoms with Crippen LogP contribution in [0.2, 0.25) is 0 Å². The van der Waals surface area contributed by atoms with Crippen LogP contribution in [-0.2, 0) is 0 Å². The second kappa shape index (κ2) is 4.94. The van der Waals surface area contributed by atoms with Gasteiger partial charge in [0.05, 0.1) is 19.0 Å². The molecule has 4 nitrogen and oxygen atoms in total. The number of pyridine rings is 1. The van der Waals surface area contributed by atoms with Crippen molar-refractivity contribution >= 4 is 0 Å². The number of nitrogens with one attached hydrogen (secondary N) is 1. The third kappa shape index (κ3) is 2.33. The molecule has 0 aliphatic heterocycles. The van der Waals surface area contributed by atoms with E-state index in [9.17, 15) is 0 Å². The summed E-state index contributed by atoms with van der Waals surface area (Å²) >= 11 is 0. The Kier molecular flexibility index (Phi) is 2.98. The second-order valence-corrected chi connectivity index (χ2v) is 4.09. The van der Waals surface area contributed by atoms with Crippen molar-refractivity contribution in [1.29, 1.82) is 0 Å². The fraction of sp³-hybridized carbons (Fsp3) is 0.0667. The van der Waals surface area contributed by atoms with Gasteiger partial charge < -0.3 is 9.72 Å². The molecule has 0 bridgehead atoms. The van der Waals surface area contributed by atoms with Gasteiger partial charge in [-0.25, -0.2) is 4.98 Å². The molecular formula is C15H13N3O. The highest BCUT2D eigenvalue weighted by atomic mass is 16.5. The second-order valence-electron chi connectivity index (χ2n) is 4.09. The zero-order valence-corrected chi connectivity index (χ0v) is 10.5. The Morgan fingerprint density at radius 3 is 2.53 bits per heavy atom. The molecule has 0 saturated heterocycles. The van der Waals surface area contributed by atoms with E-state index in [1.807, 2.05) is 48.7 Å². The Hall–Kier alpha value is -2.62. The fourth-order valence-electron chi connectivity index (χ4n) is 1.87. The van der Waals surface area contributed by atoms with E-state index in [1.165, 1.54) is 0 Å². The van der Waals surface area contributed by atoms with Crippen LogP contribution in [0, 0.1) is 0 Å². The minimum Gasteiger partial charge on any atom is -0.497 e. The molecule has 0 aliphatic carbocycles. The van der Waals surface area contributed by atoms with Crippen molar-refractivity contribution in [2.75, 3.05) is 7.11 Å². The monoisotopic (exact) mass is 251 g/mol. The van der Waals surface area contributed by atoms with Gasteiger partial charge in [-0.05, 0) is 42.0 Å². The molecule has 0 fully saturated rings. The lowest BCUT2D eigenvalue weighted by Crippen LogP contribution is -1.85. The number of hydrogen-bond acceptors (Lipinski definition) is 3. The van der Waals surface area contributed by atoms with Crippen molar-refractivity contribution in [3.8, 4) is 28.5 Å². The molecule has 4 heteroatoms. The van der Waals surface area contributed by atoms with Gasteiger partial charge in [0, 0.05) is 6.20 Å². The first kappa shape index (κ1) is 11.5. The number of nitrogens with zero attached hydrogens (tertiary/aromatic N) is 2. The maximum Gasteiger partial charge on any atom is 0.156 e. The maximum atomic E-state index is 5.14. The van der Waals surface area contributed by atoms with Crippen LogP contribution in [0.4, 0.5) is 0 Å². The third-order valence-corrected chi connectivity index (χ3v) is 2.88. The number of ether oxygens (including phenoxy) is 1. The number of hydrogen-bond donors (Lipinski definition) is 1. The summed E-state index contributed by atoms with van der Waals surface area (Å²) < 4.78 is 5.14. The summed E-state index contributed by atoms with van der Waals surface area (Å²) in [5.74, 6) is 1.61. The molecule has 2 aromatic heterocycles. The Morgan fingerprint density at radius 2 is 1.84 bits per heavy atom. The van der Waals surface area contributed by atoms with Crippen LogP contribution in [0.15, 0.2) is 54.9 Å². The van der Waals surface area contributed by atoms with E-state index < -0.39 is 0 Å². The van der Waals surface area contributed by atoms with E-state index in [4.69, 9.17) is 4.74 Å². The molecule has 0 amide bonds. The Balaban J connectivity index is 1.92. The fourth-order valence-corrected chi connectivity index (χ4v) is 1.87. The zero-order chi connectivity index (χ0) is 13.1. The van der Waals surface area contributed by atoms with E-state index in [2.05, 4.69) is 15.0 Å². The quantitative estimate of drug-likeness (QED) is 0.778.